The Kier molecular flexibility index (Phi) is 11.8. The third kappa shape index (κ3) is 9.40. The van der Waals surface area contributed by atoms with Crippen molar-refractivity contribution in [2.45, 2.75) is 37.4 Å². The van der Waals surface area contributed by atoms with E-state index in [9.17, 15) is 19.2 Å². The molecule has 1 aliphatic rings. The molecule has 9 N–H and O–H groups in total. The van der Waals surface area contributed by atoms with Crippen LogP contribution in [0.25, 0.3) is 0 Å². The van der Waals surface area contributed by atoms with Crippen LogP contribution in [0.4, 0.5) is 0 Å². The Bertz CT molecular complexity index is 640. The predicted octanol–water partition coefficient (Wildman–Crippen LogP) is -2.91. The average Bonchev–Trinajstić information content (AvgIpc) is 2.72. The van der Waals surface area contributed by atoms with E-state index in [1.54, 1.807) is 0 Å². The molecule has 1 aliphatic heterocycles. The van der Waals surface area contributed by atoms with Crippen molar-refractivity contribution in [3.63, 3.8) is 0 Å². The van der Waals surface area contributed by atoms with Crippen molar-refractivity contribution in [3.05, 3.63) is 35.4 Å². The number of rotatable bonds is 6. The van der Waals surface area contributed by atoms with Gasteiger partial charge in [-0.3, -0.25) is 0 Å². The van der Waals surface area contributed by atoms with Gasteiger partial charge in [-0.25, -0.2) is 19.2 Å². The standard InChI is InChI=1S/C9H11N.2C4H6O6/c1-2-4-9-7-10-6-5-8(9)3-1;2*5-1(3(7)8)2(6)4(9)10/h1-4,10H,5-7H2;2*1-2,5-6H,(H,7,8)(H,9,10)/t;2*1-,2-/m.11/s1. The van der Waals surface area contributed by atoms with Gasteiger partial charge in [-0.15, -0.1) is 0 Å². The molecule has 0 saturated carbocycles. The largest absolute Gasteiger partial charge is 0.479 e. The van der Waals surface area contributed by atoms with Crippen molar-refractivity contribution >= 4 is 23.9 Å². The van der Waals surface area contributed by atoms with Gasteiger partial charge in [0.1, 0.15) is 0 Å². The fourth-order valence-corrected chi connectivity index (χ4v) is 1.96. The molecule has 1 aromatic rings. The summed E-state index contributed by atoms with van der Waals surface area (Å²) in [6, 6.07) is 8.63. The Morgan fingerprint density at radius 1 is 0.667 bits per heavy atom. The number of aliphatic hydroxyl groups excluding tert-OH is 4. The number of aliphatic hydroxyl groups is 4. The van der Waals surface area contributed by atoms with Gasteiger partial charge < -0.3 is 46.2 Å². The maximum Gasteiger partial charge on any atom is 0.335 e. The van der Waals surface area contributed by atoms with Crippen LogP contribution in [0.2, 0.25) is 0 Å². The highest BCUT2D eigenvalue weighted by molar-refractivity contribution is 5.83. The van der Waals surface area contributed by atoms with E-state index >= 15 is 0 Å². The first-order chi connectivity index (χ1) is 13.9. The average molecular weight is 433 g/mol. The van der Waals surface area contributed by atoms with Gasteiger partial charge >= 0.3 is 23.9 Å². The minimum absolute atomic E-state index is 1.05. The number of nitrogens with one attached hydrogen (secondary N) is 1. The molecule has 2 rings (SSSR count). The first-order valence-corrected chi connectivity index (χ1v) is 8.31. The van der Waals surface area contributed by atoms with Crippen LogP contribution in [-0.2, 0) is 32.1 Å². The molecular weight excluding hydrogens is 410 g/mol. The number of hydrogen-bond donors (Lipinski definition) is 9. The second-order valence-electron chi connectivity index (χ2n) is 5.83. The summed E-state index contributed by atoms with van der Waals surface area (Å²) in [5.41, 5.74) is 2.98. The zero-order valence-electron chi connectivity index (χ0n) is 15.5. The van der Waals surface area contributed by atoms with Crippen molar-refractivity contribution in [1.82, 2.24) is 5.32 Å². The zero-order chi connectivity index (χ0) is 23.4. The molecule has 0 radical (unpaired) electrons. The van der Waals surface area contributed by atoms with Crippen LogP contribution in [0.5, 0.6) is 0 Å². The van der Waals surface area contributed by atoms with Crippen molar-refractivity contribution in [2.75, 3.05) is 6.54 Å². The molecule has 4 atom stereocenters. The molecule has 1 aromatic carbocycles. The minimum Gasteiger partial charge on any atom is -0.479 e. The minimum atomic E-state index is -2.27. The van der Waals surface area contributed by atoms with E-state index in [-0.39, 0.29) is 0 Å². The van der Waals surface area contributed by atoms with Gasteiger partial charge in [0.2, 0.25) is 0 Å². The highest BCUT2D eigenvalue weighted by Gasteiger charge is 2.30. The lowest BCUT2D eigenvalue weighted by molar-refractivity contribution is -0.165. The summed E-state index contributed by atoms with van der Waals surface area (Å²) < 4.78 is 0. The molecule has 0 amide bonds. The quantitative estimate of drug-likeness (QED) is 0.219. The lowest BCUT2D eigenvalue weighted by Crippen LogP contribution is -2.39. The molecule has 0 aliphatic carbocycles. The molecule has 0 unspecified atom stereocenters. The number of carboxylic acids is 4. The number of carboxylic acid groups (broad SMARTS) is 4. The summed E-state index contributed by atoms with van der Waals surface area (Å²) in [6.07, 6.45) is -7.87. The van der Waals surface area contributed by atoms with E-state index in [2.05, 4.69) is 29.6 Å². The molecule has 0 spiro atoms. The van der Waals surface area contributed by atoms with Crippen LogP contribution in [0.3, 0.4) is 0 Å². The van der Waals surface area contributed by atoms with Crippen molar-refractivity contribution in [1.29, 1.82) is 0 Å². The molecule has 0 fully saturated rings. The fraction of sp³-hybridized carbons (Fsp3) is 0.412. The summed E-state index contributed by atoms with van der Waals surface area (Å²) >= 11 is 0. The highest BCUT2D eigenvalue weighted by Crippen LogP contribution is 2.11. The summed E-state index contributed by atoms with van der Waals surface area (Å²) in [7, 11) is 0. The molecule has 0 aromatic heterocycles. The summed E-state index contributed by atoms with van der Waals surface area (Å²) in [5.74, 6) is -7.07. The lowest BCUT2D eigenvalue weighted by Gasteiger charge is -2.15. The molecular formula is C17H23NO12. The van der Waals surface area contributed by atoms with Gasteiger partial charge in [0.25, 0.3) is 0 Å². The van der Waals surface area contributed by atoms with Gasteiger partial charge in [0, 0.05) is 6.54 Å². The number of benzene rings is 1. The van der Waals surface area contributed by atoms with Crippen LogP contribution >= 0.6 is 0 Å². The molecule has 30 heavy (non-hydrogen) atoms. The Morgan fingerprint density at radius 2 is 1.00 bits per heavy atom. The summed E-state index contributed by atoms with van der Waals surface area (Å²) in [6.45, 7) is 2.19. The third-order valence-electron chi connectivity index (χ3n) is 3.62. The number of fused-ring (bicyclic) bond motifs is 1. The molecule has 1 heterocycles. The van der Waals surface area contributed by atoms with E-state index < -0.39 is 48.3 Å². The van der Waals surface area contributed by atoms with Crippen LogP contribution in [0.15, 0.2) is 24.3 Å². The Labute approximate surface area is 169 Å². The number of aliphatic carboxylic acids is 4. The molecule has 0 bridgehead atoms. The van der Waals surface area contributed by atoms with E-state index in [4.69, 9.17) is 40.9 Å². The molecule has 13 nitrogen and oxygen atoms in total. The van der Waals surface area contributed by atoms with Crippen molar-refractivity contribution in [3.8, 4) is 0 Å². The predicted molar refractivity (Wildman–Crippen MR) is 96.4 cm³/mol. The van der Waals surface area contributed by atoms with Crippen molar-refractivity contribution < 1.29 is 60.0 Å². The Morgan fingerprint density at radius 3 is 1.30 bits per heavy atom. The maximum absolute atomic E-state index is 9.77. The van der Waals surface area contributed by atoms with Crippen LogP contribution < -0.4 is 5.32 Å². The zero-order valence-corrected chi connectivity index (χ0v) is 15.5. The second kappa shape index (κ2) is 13.2. The smallest absolute Gasteiger partial charge is 0.335 e. The van der Waals surface area contributed by atoms with Gasteiger partial charge in [0.15, 0.2) is 24.4 Å². The van der Waals surface area contributed by atoms with Crippen LogP contribution in [0.1, 0.15) is 11.1 Å². The normalized spacial score (nSPS) is 16.0. The van der Waals surface area contributed by atoms with Crippen LogP contribution in [-0.4, -0.2) is 95.7 Å². The maximum atomic E-state index is 9.77. The van der Waals surface area contributed by atoms with E-state index in [0.717, 1.165) is 13.1 Å². The Balaban J connectivity index is 0.000000420. The van der Waals surface area contributed by atoms with Gasteiger partial charge in [-0.05, 0) is 24.1 Å². The van der Waals surface area contributed by atoms with Gasteiger partial charge in [-0.2, -0.15) is 0 Å². The van der Waals surface area contributed by atoms with E-state index in [0.29, 0.717) is 0 Å². The third-order valence-corrected chi connectivity index (χ3v) is 3.62. The number of carbonyl (C=O) groups is 4. The van der Waals surface area contributed by atoms with Crippen LogP contribution in [0, 0.1) is 0 Å². The monoisotopic (exact) mass is 433 g/mol. The fourth-order valence-electron chi connectivity index (χ4n) is 1.96. The molecule has 13 heteroatoms. The number of hydrogen-bond acceptors (Lipinski definition) is 9. The second-order valence-corrected chi connectivity index (χ2v) is 5.83. The first kappa shape index (κ1) is 26.9. The summed E-state index contributed by atoms with van der Waals surface area (Å²) in [4.78, 5) is 39.1. The highest BCUT2D eigenvalue weighted by atomic mass is 16.4. The van der Waals surface area contributed by atoms with E-state index in [1.807, 2.05) is 0 Å². The Hall–Kier alpha value is -3.10. The topological polar surface area (TPSA) is 242 Å². The molecule has 168 valence electrons. The van der Waals surface area contributed by atoms with Gasteiger partial charge in [0.05, 0.1) is 0 Å². The van der Waals surface area contributed by atoms with E-state index in [1.165, 1.54) is 17.5 Å². The summed E-state index contributed by atoms with van der Waals surface area (Å²) in [5, 5.41) is 68.4. The SMILES string of the molecule is O=C(O)[C@H](O)[C@@H](O)C(=O)O.O=C(O)[C@H](O)[C@@H](O)C(=O)O.c1ccc2c(c1)CCNC2. The molecule has 0 saturated heterocycles. The first-order valence-electron chi connectivity index (χ1n) is 8.31. The van der Waals surface area contributed by atoms with Gasteiger partial charge in [-0.1, -0.05) is 24.3 Å². The van der Waals surface area contributed by atoms with Crippen molar-refractivity contribution in [2.24, 2.45) is 0 Å². The lowest BCUT2D eigenvalue weighted by atomic mass is 10.0.